The van der Waals surface area contributed by atoms with Crippen LogP contribution >= 0.6 is 7.37 Å². The summed E-state index contributed by atoms with van der Waals surface area (Å²) in [6.07, 6.45) is 1.80. The predicted molar refractivity (Wildman–Crippen MR) is 135 cm³/mol. The quantitative estimate of drug-likeness (QED) is 0.274. The van der Waals surface area contributed by atoms with Gasteiger partial charge >= 0.3 is 0 Å². The molecular formula is C26H33N2O3P. The van der Waals surface area contributed by atoms with Gasteiger partial charge in [0.25, 0.3) is 7.37 Å². The number of methoxy groups -OCH3 is 1. The number of anilines is 2. The molecule has 0 saturated heterocycles. The molecule has 0 bridgehead atoms. The molecule has 0 radical (unpaired) electrons. The van der Waals surface area contributed by atoms with Crippen LogP contribution in [0.15, 0.2) is 78.9 Å². The van der Waals surface area contributed by atoms with Gasteiger partial charge in [-0.2, -0.15) is 0 Å². The minimum Gasteiger partial charge on any atom is -0.496 e. The SMILES string of the molecule is CCCCO[P@](=O)(c1ccc(N(C)C)cc1)[C@@H](Nc1ccccc1)c1ccccc1OC. The van der Waals surface area contributed by atoms with E-state index in [0.717, 1.165) is 29.8 Å². The van der Waals surface area contributed by atoms with Crippen LogP contribution in [0.4, 0.5) is 11.4 Å². The molecule has 170 valence electrons. The van der Waals surface area contributed by atoms with E-state index < -0.39 is 13.2 Å². The molecule has 0 saturated carbocycles. The fourth-order valence-corrected chi connectivity index (χ4v) is 5.99. The van der Waals surface area contributed by atoms with E-state index >= 15 is 0 Å². The van der Waals surface area contributed by atoms with E-state index in [0.29, 0.717) is 17.7 Å². The van der Waals surface area contributed by atoms with Crippen molar-refractivity contribution < 1.29 is 13.8 Å². The number of hydrogen-bond acceptors (Lipinski definition) is 5. The Bertz CT molecular complexity index is 1020. The summed E-state index contributed by atoms with van der Waals surface area (Å²) in [5.74, 6) is 0.0632. The Hall–Kier alpha value is -2.75. The van der Waals surface area contributed by atoms with E-state index in [1.807, 2.05) is 97.9 Å². The average molecular weight is 453 g/mol. The molecule has 3 rings (SSSR count). The van der Waals surface area contributed by atoms with Crippen molar-refractivity contribution in [2.45, 2.75) is 25.5 Å². The zero-order valence-electron chi connectivity index (χ0n) is 19.3. The van der Waals surface area contributed by atoms with Gasteiger partial charge < -0.3 is 19.5 Å². The predicted octanol–water partition coefficient (Wildman–Crippen LogP) is 6.29. The first-order valence-electron chi connectivity index (χ1n) is 11.0. The van der Waals surface area contributed by atoms with Gasteiger partial charge in [-0.1, -0.05) is 49.7 Å². The van der Waals surface area contributed by atoms with Crippen molar-refractivity contribution in [2.24, 2.45) is 0 Å². The van der Waals surface area contributed by atoms with Crippen molar-refractivity contribution in [1.82, 2.24) is 0 Å². The van der Waals surface area contributed by atoms with Crippen molar-refractivity contribution >= 4 is 24.0 Å². The van der Waals surface area contributed by atoms with Crippen LogP contribution in [0.25, 0.3) is 0 Å². The molecule has 0 heterocycles. The van der Waals surface area contributed by atoms with Gasteiger partial charge in [0.15, 0.2) is 0 Å². The first-order valence-corrected chi connectivity index (χ1v) is 12.7. The van der Waals surface area contributed by atoms with Crippen LogP contribution in [0.2, 0.25) is 0 Å². The van der Waals surface area contributed by atoms with Crippen LogP contribution in [-0.4, -0.2) is 27.8 Å². The summed E-state index contributed by atoms with van der Waals surface area (Å²) < 4.78 is 26.7. The van der Waals surface area contributed by atoms with Gasteiger partial charge in [0.05, 0.1) is 13.7 Å². The normalized spacial score (nSPS) is 13.8. The lowest BCUT2D eigenvalue weighted by Gasteiger charge is -2.31. The van der Waals surface area contributed by atoms with E-state index in [1.165, 1.54) is 0 Å². The highest BCUT2D eigenvalue weighted by molar-refractivity contribution is 7.67. The number of nitrogens with zero attached hydrogens (tertiary/aromatic N) is 1. The molecule has 0 amide bonds. The van der Waals surface area contributed by atoms with E-state index in [9.17, 15) is 4.57 Å². The highest BCUT2D eigenvalue weighted by Crippen LogP contribution is 2.60. The minimum absolute atomic E-state index is 0.422. The highest BCUT2D eigenvalue weighted by atomic mass is 31.2. The largest absolute Gasteiger partial charge is 0.496 e. The summed E-state index contributed by atoms with van der Waals surface area (Å²) in [5.41, 5.74) is 2.71. The summed E-state index contributed by atoms with van der Waals surface area (Å²) in [6.45, 7) is 2.52. The van der Waals surface area contributed by atoms with E-state index in [-0.39, 0.29) is 0 Å². The average Bonchev–Trinajstić information content (AvgIpc) is 2.83. The number of ether oxygens (including phenoxy) is 1. The van der Waals surface area contributed by atoms with E-state index in [4.69, 9.17) is 9.26 Å². The summed E-state index contributed by atoms with van der Waals surface area (Å²) in [7, 11) is 2.21. The second-order valence-corrected chi connectivity index (χ2v) is 10.3. The topological polar surface area (TPSA) is 50.8 Å². The molecule has 0 aliphatic carbocycles. The minimum atomic E-state index is -3.40. The summed E-state index contributed by atoms with van der Waals surface area (Å²) >= 11 is 0. The molecule has 3 aromatic carbocycles. The smallest absolute Gasteiger partial charge is 0.258 e. The zero-order chi connectivity index (χ0) is 23.0. The molecule has 0 fully saturated rings. The van der Waals surface area contributed by atoms with Crippen molar-refractivity contribution in [2.75, 3.05) is 38.0 Å². The monoisotopic (exact) mass is 452 g/mol. The first kappa shape index (κ1) is 23.9. The Morgan fingerprint density at radius 3 is 2.22 bits per heavy atom. The molecule has 0 spiro atoms. The van der Waals surface area contributed by atoms with Gasteiger partial charge in [-0.3, -0.25) is 4.57 Å². The van der Waals surface area contributed by atoms with Crippen molar-refractivity contribution in [1.29, 1.82) is 0 Å². The number of rotatable bonds is 11. The van der Waals surface area contributed by atoms with Crippen LogP contribution in [-0.2, 0) is 9.09 Å². The summed E-state index contributed by atoms with van der Waals surface area (Å²) in [4.78, 5) is 2.02. The molecular weight excluding hydrogens is 419 g/mol. The Labute approximate surface area is 191 Å². The maximum absolute atomic E-state index is 14.8. The van der Waals surface area contributed by atoms with E-state index in [1.54, 1.807) is 7.11 Å². The third-order valence-electron chi connectivity index (χ3n) is 5.36. The van der Waals surface area contributed by atoms with Gasteiger partial charge in [-0.25, -0.2) is 0 Å². The third kappa shape index (κ3) is 5.53. The van der Waals surface area contributed by atoms with E-state index in [2.05, 4.69) is 12.2 Å². The molecule has 6 heteroatoms. The fraction of sp³-hybridized carbons (Fsp3) is 0.308. The molecule has 0 aliphatic rings. The van der Waals surface area contributed by atoms with Crippen LogP contribution in [0.1, 0.15) is 31.1 Å². The Kier molecular flexibility index (Phi) is 8.38. The van der Waals surface area contributed by atoms with Crippen molar-refractivity contribution in [3.8, 4) is 5.75 Å². The van der Waals surface area contributed by atoms with Crippen LogP contribution < -0.4 is 20.3 Å². The first-order chi connectivity index (χ1) is 15.5. The molecule has 3 aromatic rings. The van der Waals surface area contributed by atoms with Gasteiger partial charge in [0.2, 0.25) is 0 Å². The lowest BCUT2D eigenvalue weighted by molar-refractivity contribution is 0.307. The van der Waals surface area contributed by atoms with Crippen molar-refractivity contribution in [3.63, 3.8) is 0 Å². The number of benzene rings is 3. The number of para-hydroxylation sites is 2. The van der Waals surface area contributed by atoms with Gasteiger partial charge in [0, 0.05) is 36.3 Å². The number of hydrogen-bond donors (Lipinski definition) is 1. The molecule has 5 nitrogen and oxygen atoms in total. The highest BCUT2D eigenvalue weighted by Gasteiger charge is 2.39. The molecule has 0 aliphatic heterocycles. The molecule has 0 aromatic heterocycles. The number of nitrogens with one attached hydrogen (secondary N) is 1. The fourth-order valence-electron chi connectivity index (χ4n) is 3.53. The maximum Gasteiger partial charge on any atom is 0.258 e. The van der Waals surface area contributed by atoms with Gasteiger partial charge in [-0.05, 0) is 48.9 Å². The van der Waals surface area contributed by atoms with Gasteiger partial charge in [-0.15, -0.1) is 0 Å². The second-order valence-electron chi connectivity index (χ2n) is 7.85. The van der Waals surface area contributed by atoms with Crippen LogP contribution in [0.5, 0.6) is 5.75 Å². The summed E-state index contributed by atoms with van der Waals surface area (Å²) in [5, 5.41) is 4.17. The lowest BCUT2D eigenvalue weighted by Crippen LogP contribution is -2.22. The Morgan fingerprint density at radius 2 is 1.59 bits per heavy atom. The van der Waals surface area contributed by atoms with Crippen molar-refractivity contribution in [3.05, 3.63) is 84.4 Å². The zero-order valence-corrected chi connectivity index (χ0v) is 20.2. The molecule has 1 N–H and O–H groups in total. The van der Waals surface area contributed by atoms with Crippen LogP contribution in [0.3, 0.4) is 0 Å². The molecule has 0 unspecified atom stereocenters. The Morgan fingerprint density at radius 1 is 0.938 bits per heavy atom. The molecule has 32 heavy (non-hydrogen) atoms. The third-order valence-corrected chi connectivity index (χ3v) is 8.03. The second kappa shape index (κ2) is 11.2. The number of unbranched alkanes of at least 4 members (excludes halogenated alkanes) is 1. The Balaban J connectivity index is 2.14. The summed E-state index contributed by atoms with van der Waals surface area (Å²) in [6, 6.07) is 25.3. The maximum atomic E-state index is 14.8. The molecule has 2 atom stereocenters. The lowest BCUT2D eigenvalue weighted by atomic mass is 10.2. The standard InChI is InChI=1S/C26H33N2O3P/c1-5-6-20-31-32(29,23-18-16-22(17-19-23)28(2)3)26(27-21-12-8-7-9-13-21)24-14-10-11-15-25(24)30-4/h7-19,26-27H,5-6,20H2,1-4H3/t26-,32-/m1/s1. The van der Waals surface area contributed by atoms with Gasteiger partial charge in [0.1, 0.15) is 11.5 Å². The van der Waals surface area contributed by atoms with Crippen LogP contribution in [0, 0.1) is 0 Å².